The van der Waals surface area contributed by atoms with Crippen molar-refractivity contribution in [1.29, 1.82) is 0 Å². The maximum absolute atomic E-state index is 14.6. The number of ether oxygens (including phenoxy) is 2. The molecular formula is C29H26F3N5O4S. The van der Waals surface area contributed by atoms with Gasteiger partial charge in [-0.2, -0.15) is 0 Å². The molecule has 1 saturated carbocycles. The Morgan fingerprint density at radius 2 is 1.90 bits per heavy atom. The lowest BCUT2D eigenvalue weighted by molar-refractivity contribution is 0.0949. The summed E-state index contributed by atoms with van der Waals surface area (Å²) in [5.74, 6) is 0.300. The van der Waals surface area contributed by atoms with Gasteiger partial charge in [0, 0.05) is 29.8 Å². The molecule has 3 aromatic heterocycles. The van der Waals surface area contributed by atoms with Crippen LogP contribution in [-0.4, -0.2) is 56.5 Å². The van der Waals surface area contributed by atoms with Crippen LogP contribution in [0.3, 0.4) is 0 Å². The van der Waals surface area contributed by atoms with Gasteiger partial charge in [-0.25, -0.2) is 23.1 Å². The molecule has 1 aromatic carbocycles. The van der Waals surface area contributed by atoms with Crippen molar-refractivity contribution in [2.24, 2.45) is 0 Å². The van der Waals surface area contributed by atoms with Crippen molar-refractivity contribution in [2.75, 3.05) is 24.7 Å². The molecule has 1 amide bonds. The van der Waals surface area contributed by atoms with E-state index in [0.717, 1.165) is 24.3 Å². The maximum atomic E-state index is 14.6. The van der Waals surface area contributed by atoms with E-state index in [1.54, 1.807) is 18.5 Å². The molecule has 1 N–H and O–H groups in total. The first kappa shape index (κ1) is 27.9. The summed E-state index contributed by atoms with van der Waals surface area (Å²) in [6.07, 6.45) is 4.45. The minimum Gasteiger partial charge on any atom is -0.489 e. The molecule has 1 aliphatic carbocycles. The lowest BCUT2D eigenvalue weighted by atomic mass is 10.2. The van der Waals surface area contributed by atoms with E-state index < -0.39 is 34.2 Å². The van der Waals surface area contributed by atoms with Crippen LogP contribution in [0.4, 0.5) is 24.8 Å². The zero-order valence-electron chi connectivity index (χ0n) is 22.3. The van der Waals surface area contributed by atoms with E-state index in [0.29, 0.717) is 41.7 Å². The first-order chi connectivity index (χ1) is 20.4. The Morgan fingerprint density at radius 1 is 1.07 bits per heavy atom. The number of aromatic nitrogens is 3. The van der Waals surface area contributed by atoms with E-state index >= 15 is 0 Å². The fraction of sp³-hybridized carbons (Fsp3) is 0.310. The molecule has 7 rings (SSSR count). The van der Waals surface area contributed by atoms with Gasteiger partial charge in [-0.1, -0.05) is 0 Å². The number of hydrogen-bond donors (Lipinski definition) is 1. The summed E-state index contributed by atoms with van der Waals surface area (Å²) in [6, 6.07) is 11.4. The third-order valence-electron chi connectivity index (χ3n) is 6.72. The van der Waals surface area contributed by atoms with E-state index in [4.69, 9.17) is 14.5 Å². The number of anilines is 2. The number of carbonyl (C=O) groups excluding carboxylic acids is 1. The van der Waals surface area contributed by atoms with Crippen molar-refractivity contribution in [3.8, 4) is 11.5 Å². The monoisotopic (exact) mass is 597 g/mol. The molecule has 42 heavy (non-hydrogen) atoms. The van der Waals surface area contributed by atoms with Gasteiger partial charge in [-0.15, -0.1) is 0 Å². The van der Waals surface area contributed by atoms with Gasteiger partial charge in [0.25, 0.3) is 5.91 Å². The third-order valence-corrected chi connectivity index (χ3v) is 8.16. The summed E-state index contributed by atoms with van der Waals surface area (Å²) in [5, 5.41) is 3.49. The molecule has 2 atom stereocenters. The van der Waals surface area contributed by atoms with Gasteiger partial charge in [0.2, 0.25) is 0 Å². The lowest BCUT2D eigenvalue weighted by Crippen LogP contribution is -2.30. The van der Waals surface area contributed by atoms with E-state index in [-0.39, 0.29) is 35.8 Å². The Hall–Kier alpha value is -4.26. The lowest BCUT2D eigenvalue weighted by Gasteiger charge is -2.29. The number of pyridine rings is 3. The Bertz CT molecular complexity index is 1670. The quantitative estimate of drug-likeness (QED) is 0.353. The summed E-state index contributed by atoms with van der Waals surface area (Å²) in [7, 11) is -2.14. The molecule has 0 spiro atoms. The smallest absolute Gasteiger partial charge is 0.251 e. The number of benzene rings is 1. The van der Waals surface area contributed by atoms with Gasteiger partial charge >= 0.3 is 0 Å². The number of fused-ring (bicyclic) bond motifs is 3. The van der Waals surface area contributed by atoms with Crippen molar-refractivity contribution in [2.45, 2.75) is 42.4 Å². The normalized spacial score (nSPS) is 19.3. The van der Waals surface area contributed by atoms with Crippen LogP contribution >= 0.6 is 0 Å². The van der Waals surface area contributed by atoms with E-state index in [1.165, 1.54) is 6.07 Å². The number of nitrogens with one attached hydrogen (secondary N) is 1. The van der Waals surface area contributed by atoms with Gasteiger partial charge in [0.05, 0.1) is 46.6 Å². The maximum Gasteiger partial charge on any atom is 0.251 e. The van der Waals surface area contributed by atoms with Gasteiger partial charge in [-0.05, 0) is 55.3 Å². The van der Waals surface area contributed by atoms with Crippen LogP contribution < -0.4 is 19.7 Å². The Morgan fingerprint density at radius 3 is 2.71 bits per heavy atom. The molecule has 2 aliphatic heterocycles. The Balaban J connectivity index is 0.000000729. The number of rotatable bonds is 4. The number of amides is 1. The van der Waals surface area contributed by atoms with Crippen molar-refractivity contribution in [3.05, 3.63) is 71.9 Å². The molecule has 13 heteroatoms. The topological polar surface area (TPSA) is 107 Å². The minimum absolute atomic E-state index is 0.0344. The second-order valence-corrected chi connectivity index (χ2v) is 11.4. The molecule has 0 bridgehead atoms. The Labute approximate surface area is 241 Å². The standard InChI is InChI=1S/C26H21F2N5O4S.C3H5F/c27-18-10-16(11-21-24(18)37-8-5-22(28)38(21)35)26(34)31-14-17-12-19-15(13-30-17)3-4-23(32-19)33-7-9-36-20-2-1-6-29-25(20)33;4-3-1-2-3/h1-4,6,10-13,22H,5,7-9,14H2,(H,31,34);3H,1-2H2. The minimum atomic E-state index is -2.14. The van der Waals surface area contributed by atoms with Crippen LogP contribution in [0, 0.1) is 5.82 Å². The molecular weight excluding hydrogens is 571 g/mol. The molecule has 0 radical (unpaired) electrons. The first-order valence-corrected chi connectivity index (χ1v) is 14.6. The van der Waals surface area contributed by atoms with Gasteiger partial charge < -0.3 is 19.7 Å². The largest absolute Gasteiger partial charge is 0.489 e. The second-order valence-electron chi connectivity index (χ2n) is 9.85. The highest BCUT2D eigenvalue weighted by molar-refractivity contribution is 7.85. The number of carbonyl (C=O) groups is 1. The molecule has 9 nitrogen and oxygen atoms in total. The summed E-state index contributed by atoms with van der Waals surface area (Å²) in [6.45, 7) is 1.03. The molecule has 3 aliphatic rings. The predicted molar refractivity (Wildman–Crippen MR) is 149 cm³/mol. The first-order valence-electron chi connectivity index (χ1n) is 13.4. The average Bonchev–Trinajstić information content (AvgIpc) is 3.82. The Kier molecular flexibility index (Phi) is 7.92. The third kappa shape index (κ3) is 6.01. The number of halogens is 3. The van der Waals surface area contributed by atoms with Crippen molar-refractivity contribution in [1.82, 2.24) is 20.3 Å². The van der Waals surface area contributed by atoms with Crippen LogP contribution in [0.25, 0.3) is 10.9 Å². The fourth-order valence-corrected chi connectivity index (χ4v) is 5.56. The fourth-order valence-electron chi connectivity index (χ4n) is 4.39. The highest BCUT2D eigenvalue weighted by atomic mass is 32.2. The van der Waals surface area contributed by atoms with Crippen molar-refractivity contribution in [3.63, 3.8) is 0 Å². The molecule has 5 heterocycles. The zero-order chi connectivity index (χ0) is 29.2. The summed E-state index contributed by atoms with van der Waals surface area (Å²) in [5.41, 5.74) is -0.591. The number of nitrogens with zero attached hydrogens (tertiary/aromatic N) is 4. The van der Waals surface area contributed by atoms with Gasteiger partial charge in [-0.3, -0.25) is 14.0 Å². The summed E-state index contributed by atoms with van der Waals surface area (Å²) < 4.78 is 63.1. The number of alkyl halides is 2. The SMILES string of the molecule is FC1CC1.O=C(NCc1cc2nc(N3CCOc4cccnc43)ccc2cn1)c1cc(F)c2c(c1)S(=O)C(F)CCO2. The molecule has 0 saturated heterocycles. The van der Waals surface area contributed by atoms with E-state index in [9.17, 15) is 22.2 Å². The average molecular weight is 598 g/mol. The molecule has 4 aromatic rings. The van der Waals surface area contributed by atoms with Crippen LogP contribution in [-0.2, 0) is 17.3 Å². The second kappa shape index (κ2) is 11.9. The van der Waals surface area contributed by atoms with Crippen LogP contribution in [0.15, 0.2) is 59.8 Å². The van der Waals surface area contributed by atoms with E-state index in [1.807, 2.05) is 29.2 Å². The summed E-state index contributed by atoms with van der Waals surface area (Å²) >= 11 is 0. The van der Waals surface area contributed by atoms with Gasteiger partial charge in [0.1, 0.15) is 18.6 Å². The molecule has 2 unspecified atom stereocenters. The zero-order valence-corrected chi connectivity index (χ0v) is 23.1. The predicted octanol–water partition coefficient (Wildman–Crippen LogP) is 4.93. The van der Waals surface area contributed by atoms with Crippen LogP contribution in [0.5, 0.6) is 11.5 Å². The highest BCUT2D eigenvalue weighted by Gasteiger charge is 2.29. The molecule has 218 valence electrons. The number of hydrogen-bond acceptors (Lipinski definition) is 8. The van der Waals surface area contributed by atoms with Crippen LogP contribution in [0.1, 0.15) is 35.3 Å². The molecule has 1 fully saturated rings. The van der Waals surface area contributed by atoms with Crippen molar-refractivity contribution >= 4 is 39.2 Å². The highest BCUT2D eigenvalue weighted by Crippen LogP contribution is 2.35. The van der Waals surface area contributed by atoms with E-state index in [2.05, 4.69) is 15.3 Å². The summed E-state index contributed by atoms with van der Waals surface area (Å²) in [4.78, 5) is 28.2. The van der Waals surface area contributed by atoms with Crippen LogP contribution in [0.2, 0.25) is 0 Å². The van der Waals surface area contributed by atoms with Gasteiger partial charge in [0.15, 0.2) is 28.6 Å². The van der Waals surface area contributed by atoms with Crippen molar-refractivity contribution < 1.29 is 31.6 Å².